The van der Waals surface area contributed by atoms with Gasteiger partial charge in [-0.3, -0.25) is 0 Å². The monoisotopic (exact) mass is 424 g/mol. The lowest BCUT2D eigenvalue weighted by Crippen LogP contribution is -2.26. The van der Waals surface area contributed by atoms with Crippen LogP contribution in [0.4, 0.5) is 5.95 Å². The Bertz CT molecular complexity index is 819. The molecule has 1 unspecified atom stereocenters. The van der Waals surface area contributed by atoms with E-state index in [1.165, 1.54) is 11.8 Å². The molecule has 8 nitrogen and oxygen atoms in total. The number of nitrogens with zero attached hydrogens (tertiary/aromatic N) is 3. The van der Waals surface area contributed by atoms with Gasteiger partial charge in [0.05, 0.1) is 36.3 Å². The maximum Gasteiger partial charge on any atom is 0.347 e. The van der Waals surface area contributed by atoms with Gasteiger partial charge in [0.15, 0.2) is 17.6 Å². The van der Waals surface area contributed by atoms with E-state index in [2.05, 4.69) is 26.0 Å². The van der Waals surface area contributed by atoms with Gasteiger partial charge >= 0.3 is 5.97 Å². The van der Waals surface area contributed by atoms with Gasteiger partial charge in [-0.15, -0.1) is 0 Å². The molecule has 2 aromatic rings. The van der Waals surface area contributed by atoms with Gasteiger partial charge in [0.25, 0.3) is 0 Å². The van der Waals surface area contributed by atoms with Crippen LogP contribution in [0.2, 0.25) is 0 Å². The Morgan fingerprint density at radius 2 is 2.23 bits per heavy atom. The van der Waals surface area contributed by atoms with Crippen molar-refractivity contribution in [3.63, 3.8) is 0 Å². The summed E-state index contributed by atoms with van der Waals surface area (Å²) in [5, 5.41) is 4.27. The van der Waals surface area contributed by atoms with Gasteiger partial charge in [0.1, 0.15) is 0 Å². The summed E-state index contributed by atoms with van der Waals surface area (Å²) in [6, 6.07) is 3.53. The second-order valence-electron chi connectivity index (χ2n) is 5.38. The Hall–Kier alpha value is -2.55. The molecule has 0 saturated carbocycles. The molecule has 0 amide bonds. The number of anilines is 1. The summed E-state index contributed by atoms with van der Waals surface area (Å²) >= 11 is 3.44. The van der Waals surface area contributed by atoms with Crippen molar-refractivity contribution in [3.8, 4) is 11.5 Å². The van der Waals surface area contributed by atoms with Crippen molar-refractivity contribution in [1.82, 2.24) is 9.66 Å². The zero-order chi connectivity index (χ0) is 19.3. The summed E-state index contributed by atoms with van der Waals surface area (Å²) in [4.78, 5) is 15.9. The fourth-order valence-corrected chi connectivity index (χ4v) is 2.69. The molecule has 2 N–H and O–H groups in total. The summed E-state index contributed by atoms with van der Waals surface area (Å²) in [5.74, 6) is 0.709. The number of nitrogen functional groups attached to an aromatic ring is 1. The summed E-state index contributed by atoms with van der Waals surface area (Å²) in [5.41, 5.74) is 7.28. The molecule has 1 aromatic heterocycles. The van der Waals surface area contributed by atoms with Gasteiger partial charge in [-0.2, -0.15) is 5.10 Å². The third-order valence-electron chi connectivity index (χ3n) is 3.33. The highest BCUT2D eigenvalue weighted by atomic mass is 79.9. The summed E-state index contributed by atoms with van der Waals surface area (Å²) < 4.78 is 18.1. The molecule has 140 valence electrons. The van der Waals surface area contributed by atoms with Crippen molar-refractivity contribution >= 4 is 34.1 Å². The third kappa shape index (κ3) is 4.75. The number of imidazole rings is 1. The number of carbonyl (C=O) groups is 1. The Labute approximate surface area is 160 Å². The van der Waals surface area contributed by atoms with E-state index in [1.54, 1.807) is 38.4 Å². The van der Waals surface area contributed by atoms with E-state index in [-0.39, 0.29) is 6.61 Å². The number of benzene rings is 1. The fraction of sp³-hybridized carbons (Fsp3) is 0.353. The number of hydrogen-bond donors (Lipinski definition) is 1. The van der Waals surface area contributed by atoms with Crippen LogP contribution in [0, 0.1) is 6.92 Å². The van der Waals surface area contributed by atoms with Gasteiger partial charge < -0.3 is 19.9 Å². The van der Waals surface area contributed by atoms with Crippen molar-refractivity contribution in [2.45, 2.75) is 26.9 Å². The van der Waals surface area contributed by atoms with Crippen LogP contribution in [0.3, 0.4) is 0 Å². The molecular formula is C17H21BrN4O4. The van der Waals surface area contributed by atoms with Crippen LogP contribution in [0.1, 0.15) is 25.1 Å². The minimum Gasteiger partial charge on any atom is -0.493 e. The molecule has 9 heteroatoms. The third-order valence-corrected chi connectivity index (χ3v) is 3.92. The molecule has 0 aliphatic rings. The van der Waals surface area contributed by atoms with Gasteiger partial charge in [0, 0.05) is 0 Å². The molecule has 0 saturated heterocycles. The smallest absolute Gasteiger partial charge is 0.347 e. The number of rotatable bonds is 7. The van der Waals surface area contributed by atoms with Crippen LogP contribution in [-0.2, 0) is 9.53 Å². The Morgan fingerprint density at radius 3 is 2.81 bits per heavy atom. The second kappa shape index (κ2) is 8.70. The first-order valence-electron chi connectivity index (χ1n) is 7.92. The van der Waals surface area contributed by atoms with E-state index in [4.69, 9.17) is 19.9 Å². The van der Waals surface area contributed by atoms with Crippen LogP contribution in [0.5, 0.6) is 11.5 Å². The fourth-order valence-electron chi connectivity index (χ4n) is 2.14. The Kier molecular flexibility index (Phi) is 6.62. The predicted octanol–water partition coefficient (Wildman–Crippen LogP) is 2.76. The minimum absolute atomic E-state index is 0.289. The van der Waals surface area contributed by atoms with Crippen LogP contribution in [-0.4, -0.2) is 41.7 Å². The highest BCUT2D eigenvalue weighted by molar-refractivity contribution is 9.10. The average Bonchev–Trinajstić information content (AvgIpc) is 2.92. The minimum atomic E-state index is -0.770. The summed E-state index contributed by atoms with van der Waals surface area (Å²) in [7, 11) is 1.52. The average molecular weight is 425 g/mol. The second-order valence-corrected chi connectivity index (χ2v) is 6.23. The first-order chi connectivity index (χ1) is 12.3. The Morgan fingerprint density at radius 1 is 1.50 bits per heavy atom. The number of nitrogens with two attached hydrogens (primary N) is 1. The zero-order valence-electron chi connectivity index (χ0n) is 15.0. The predicted molar refractivity (Wildman–Crippen MR) is 102 cm³/mol. The van der Waals surface area contributed by atoms with Crippen molar-refractivity contribution < 1.29 is 19.0 Å². The lowest BCUT2D eigenvalue weighted by atomic mass is 10.2. The van der Waals surface area contributed by atoms with E-state index >= 15 is 0 Å². The largest absolute Gasteiger partial charge is 0.493 e. The van der Waals surface area contributed by atoms with E-state index in [9.17, 15) is 4.79 Å². The standard InChI is InChI=1S/C17H21BrN4O4/c1-5-25-16(23)11(3)26-15-13(18)6-12(7-14(15)24-4)8-20-22-9-10(2)21-17(22)19/h6-9,11H,5H2,1-4H3,(H2,19,21). The number of esters is 1. The zero-order valence-corrected chi connectivity index (χ0v) is 16.6. The molecule has 0 spiro atoms. The lowest BCUT2D eigenvalue weighted by Gasteiger charge is -2.17. The molecule has 0 fully saturated rings. The molecule has 1 heterocycles. The Balaban J connectivity index is 2.26. The number of aryl methyl sites for hydroxylation is 1. The molecule has 26 heavy (non-hydrogen) atoms. The van der Waals surface area contributed by atoms with Crippen molar-refractivity contribution in [1.29, 1.82) is 0 Å². The van der Waals surface area contributed by atoms with E-state index in [0.717, 1.165) is 11.3 Å². The molecule has 2 rings (SSSR count). The van der Waals surface area contributed by atoms with Gasteiger partial charge in [-0.05, 0) is 54.4 Å². The number of methoxy groups -OCH3 is 1. The normalized spacial score (nSPS) is 12.2. The maximum absolute atomic E-state index is 11.8. The topological polar surface area (TPSA) is 101 Å². The quantitative estimate of drug-likeness (QED) is 0.541. The van der Waals surface area contributed by atoms with Crippen LogP contribution < -0.4 is 15.2 Å². The van der Waals surface area contributed by atoms with Crippen LogP contribution in [0.25, 0.3) is 0 Å². The molecule has 0 aliphatic carbocycles. The molecule has 0 radical (unpaired) electrons. The SMILES string of the molecule is CCOC(=O)C(C)Oc1c(Br)cc(C=Nn2cc(C)nc2N)cc1OC. The van der Waals surface area contributed by atoms with Crippen LogP contribution >= 0.6 is 15.9 Å². The van der Waals surface area contributed by atoms with Crippen molar-refractivity contribution in [2.24, 2.45) is 5.10 Å². The van der Waals surface area contributed by atoms with Crippen molar-refractivity contribution in [2.75, 3.05) is 19.5 Å². The number of carbonyl (C=O) groups excluding carboxylic acids is 1. The van der Waals surface area contributed by atoms with E-state index < -0.39 is 12.1 Å². The summed E-state index contributed by atoms with van der Waals surface area (Å²) in [6.45, 7) is 5.48. The number of aromatic nitrogens is 2. The lowest BCUT2D eigenvalue weighted by molar-refractivity contribution is -0.150. The number of ether oxygens (including phenoxy) is 3. The molecule has 0 bridgehead atoms. The number of hydrogen-bond acceptors (Lipinski definition) is 7. The van der Waals surface area contributed by atoms with Gasteiger partial charge in [0.2, 0.25) is 5.95 Å². The van der Waals surface area contributed by atoms with Gasteiger partial charge in [-0.25, -0.2) is 14.5 Å². The first-order valence-corrected chi connectivity index (χ1v) is 8.71. The molecule has 0 aliphatic heterocycles. The highest BCUT2D eigenvalue weighted by Gasteiger charge is 2.20. The molecule has 1 atom stereocenters. The van der Waals surface area contributed by atoms with E-state index in [0.29, 0.717) is 21.9 Å². The first kappa shape index (κ1) is 19.8. The van der Waals surface area contributed by atoms with E-state index in [1.807, 2.05) is 6.92 Å². The highest BCUT2D eigenvalue weighted by Crippen LogP contribution is 2.37. The van der Waals surface area contributed by atoms with Gasteiger partial charge in [-0.1, -0.05) is 0 Å². The van der Waals surface area contributed by atoms with Crippen molar-refractivity contribution in [3.05, 3.63) is 34.1 Å². The number of halogens is 1. The molecular weight excluding hydrogens is 404 g/mol. The molecule has 1 aromatic carbocycles. The van der Waals surface area contributed by atoms with Crippen LogP contribution in [0.15, 0.2) is 27.9 Å². The maximum atomic E-state index is 11.8. The summed E-state index contributed by atoms with van der Waals surface area (Å²) in [6.07, 6.45) is 2.56.